The SMILES string of the molecule is O=[P+]([O-])O.[H-].[Rb+]. The summed E-state index contributed by atoms with van der Waals surface area (Å²) in [4.78, 5) is 15.6. The van der Waals surface area contributed by atoms with Gasteiger partial charge in [0.2, 0.25) is 0 Å². The summed E-state index contributed by atoms with van der Waals surface area (Å²) < 4.78 is 8.59. The molecule has 0 heterocycles. The molecule has 5 heteroatoms. The van der Waals surface area contributed by atoms with Gasteiger partial charge < -0.3 is 6.32 Å². The van der Waals surface area contributed by atoms with E-state index in [1.54, 1.807) is 0 Å². The molecular formula is H2O3PRb. The minimum Gasteiger partial charge on any atom is -1.00 e. The van der Waals surface area contributed by atoms with E-state index in [0.717, 1.165) is 0 Å². The van der Waals surface area contributed by atoms with Crippen molar-refractivity contribution >= 4 is 8.25 Å². The van der Waals surface area contributed by atoms with Crippen molar-refractivity contribution in [1.29, 1.82) is 0 Å². The first-order valence-corrected chi connectivity index (χ1v) is 1.70. The zero-order valence-electron chi connectivity index (χ0n) is 3.71. The molecule has 26 valence electrons. The number of hydrogen-bond donors (Lipinski definition) is 1. The average Bonchev–Trinajstić information content (AvgIpc) is 0.811. The summed E-state index contributed by atoms with van der Waals surface area (Å²) >= 11 is 0. The third-order valence-electron chi connectivity index (χ3n) is 0. The van der Waals surface area contributed by atoms with Crippen LogP contribution < -0.4 is 63.1 Å². The van der Waals surface area contributed by atoms with E-state index in [4.69, 9.17) is 14.4 Å². The van der Waals surface area contributed by atoms with Gasteiger partial charge in [0.15, 0.2) is 0 Å². The molecule has 0 spiro atoms. The smallest absolute Gasteiger partial charge is 1.00 e. The van der Waals surface area contributed by atoms with Gasteiger partial charge in [-0.2, -0.15) is 4.89 Å². The Hall–Kier alpha value is 1.83. The van der Waals surface area contributed by atoms with Gasteiger partial charge in [0, 0.05) is 0 Å². The van der Waals surface area contributed by atoms with Crippen molar-refractivity contribution < 1.29 is 74.0 Å². The molecule has 3 nitrogen and oxygen atoms in total. The summed E-state index contributed by atoms with van der Waals surface area (Å²) in [6.07, 6.45) is 0. The van der Waals surface area contributed by atoms with Crippen LogP contribution in [0.2, 0.25) is 0 Å². The predicted octanol–water partition coefficient (Wildman–Crippen LogP) is -3.89. The molecule has 0 saturated carbocycles. The minimum atomic E-state index is -3.12. The Balaban J connectivity index is -0.0000000450. The van der Waals surface area contributed by atoms with E-state index in [2.05, 4.69) is 0 Å². The first kappa shape index (κ1) is 9.95. The van der Waals surface area contributed by atoms with Crippen LogP contribution in [0.25, 0.3) is 0 Å². The second-order valence-electron chi connectivity index (χ2n) is 0.238. The quantitative estimate of drug-likeness (QED) is 0.375. The van der Waals surface area contributed by atoms with Gasteiger partial charge in [0.25, 0.3) is 0 Å². The van der Waals surface area contributed by atoms with E-state index in [1.807, 2.05) is 0 Å². The van der Waals surface area contributed by atoms with Gasteiger partial charge in [-0.25, -0.2) is 0 Å². The molecule has 1 N–H and O–H groups in total. The molecule has 1 unspecified atom stereocenters. The second-order valence-corrected chi connectivity index (χ2v) is 0.714. The van der Waals surface area contributed by atoms with Crippen molar-refractivity contribution in [1.82, 2.24) is 0 Å². The van der Waals surface area contributed by atoms with Crippen molar-refractivity contribution in [2.24, 2.45) is 0 Å². The van der Waals surface area contributed by atoms with Gasteiger partial charge in [-0.1, -0.05) is 0 Å². The van der Waals surface area contributed by atoms with Crippen LogP contribution >= 0.6 is 8.25 Å². The maximum atomic E-state index is 8.59. The Morgan fingerprint density at radius 3 is 2.00 bits per heavy atom. The molecule has 5 heavy (non-hydrogen) atoms. The van der Waals surface area contributed by atoms with Crippen molar-refractivity contribution in [3.63, 3.8) is 0 Å². The fourth-order valence-electron chi connectivity index (χ4n) is 0. The Kier molecular flexibility index (Phi) is 11.6. The molecule has 0 radical (unpaired) electrons. The van der Waals surface area contributed by atoms with Gasteiger partial charge in [0.05, 0.1) is 0 Å². The molecular weight excluding hydrogens is 164 g/mol. The summed E-state index contributed by atoms with van der Waals surface area (Å²) in [5.41, 5.74) is 0. The van der Waals surface area contributed by atoms with Crippen molar-refractivity contribution in [3.8, 4) is 0 Å². The fraction of sp³-hybridized carbons (Fsp3) is 0. The van der Waals surface area contributed by atoms with Crippen LogP contribution in [0.5, 0.6) is 0 Å². The molecule has 0 bridgehead atoms. The van der Waals surface area contributed by atoms with E-state index in [9.17, 15) is 0 Å². The van der Waals surface area contributed by atoms with Gasteiger partial charge in [-0.3, -0.25) is 0 Å². The van der Waals surface area contributed by atoms with Gasteiger partial charge in [-0.15, -0.1) is 0 Å². The van der Waals surface area contributed by atoms with Crippen LogP contribution in [0.1, 0.15) is 1.43 Å². The average molecular weight is 166 g/mol. The van der Waals surface area contributed by atoms with Crippen LogP contribution in [0, 0.1) is 0 Å². The molecule has 0 rings (SSSR count). The summed E-state index contributed by atoms with van der Waals surface area (Å²) in [6, 6.07) is 0. The molecule has 0 aromatic carbocycles. The largest absolute Gasteiger partial charge is 1.00 e. The first-order valence-electron chi connectivity index (χ1n) is 0.565. The van der Waals surface area contributed by atoms with Crippen LogP contribution in [0.4, 0.5) is 0 Å². The summed E-state index contributed by atoms with van der Waals surface area (Å²) in [5.74, 6) is 0. The summed E-state index contributed by atoms with van der Waals surface area (Å²) in [7, 11) is -3.12. The van der Waals surface area contributed by atoms with E-state index in [0.29, 0.717) is 0 Å². The molecule has 1 atom stereocenters. The number of rotatable bonds is 0. The molecule has 0 aromatic rings. The molecule has 0 amide bonds. The van der Waals surface area contributed by atoms with E-state index >= 15 is 0 Å². The summed E-state index contributed by atoms with van der Waals surface area (Å²) in [5, 5.41) is 0. The third-order valence-corrected chi connectivity index (χ3v) is 0. The Morgan fingerprint density at radius 1 is 2.00 bits per heavy atom. The topological polar surface area (TPSA) is 60.4 Å². The van der Waals surface area contributed by atoms with Crippen molar-refractivity contribution in [3.05, 3.63) is 0 Å². The maximum absolute atomic E-state index is 8.59. The normalized spacial score (nSPS) is 8.80. The zero-order valence-corrected chi connectivity index (χ0v) is 8.52. The van der Waals surface area contributed by atoms with E-state index in [1.165, 1.54) is 0 Å². The Bertz CT molecular complexity index is 33.8. The van der Waals surface area contributed by atoms with E-state index < -0.39 is 8.25 Å². The van der Waals surface area contributed by atoms with Gasteiger partial charge >= 0.3 is 66.4 Å². The Morgan fingerprint density at radius 2 is 2.00 bits per heavy atom. The van der Waals surface area contributed by atoms with Crippen LogP contribution in [-0.4, -0.2) is 4.89 Å². The van der Waals surface area contributed by atoms with Crippen molar-refractivity contribution in [2.75, 3.05) is 0 Å². The monoisotopic (exact) mass is 166 g/mol. The third kappa shape index (κ3) is 25.6. The number of hydrogen-bond acceptors (Lipinski definition) is 2. The van der Waals surface area contributed by atoms with Gasteiger partial charge in [0.1, 0.15) is 0 Å². The van der Waals surface area contributed by atoms with Crippen LogP contribution in [-0.2, 0) is 4.57 Å². The van der Waals surface area contributed by atoms with E-state index in [-0.39, 0.29) is 59.6 Å². The molecule has 0 fully saturated rings. The standard InChI is InChI=1S/HO3P.Rb.H/c1-4(2)3;;/h(H,1,2,3);;/q;+1;-1. The molecule has 0 aromatic heterocycles. The van der Waals surface area contributed by atoms with Crippen molar-refractivity contribution in [2.45, 2.75) is 0 Å². The predicted molar refractivity (Wildman–Crippen MR) is 10.9 cm³/mol. The van der Waals surface area contributed by atoms with Gasteiger partial charge in [-0.05, 0) is 4.57 Å². The zero-order chi connectivity index (χ0) is 3.58. The molecule has 0 aliphatic heterocycles. The maximum Gasteiger partial charge on any atom is 1.00 e. The fourth-order valence-corrected chi connectivity index (χ4v) is 0. The van der Waals surface area contributed by atoms with Crippen LogP contribution in [0.15, 0.2) is 0 Å². The minimum absolute atomic E-state index is 0. The van der Waals surface area contributed by atoms with Crippen LogP contribution in [0.3, 0.4) is 0 Å². The first-order chi connectivity index (χ1) is 1.73. The molecule has 0 aliphatic rings. The molecule has 0 aliphatic carbocycles. The second kappa shape index (κ2) is 5.83. The Labute approximate surface area is 80.6 Å². The summed E-state index contributed by atoms with van der Waals surface area (Å²) in [6.45, 7) is 0. The molecule has 0 saturated heterocycles.